The van der Waals surface area contributed by atoms with Gasteiger partial charge < -0.3 is 9.47 Å². The Morgan fingerprint density at radius 3 is 2.61 bits per heavy atom. The second-order valence-electron chi connectivity index (χ2n) is 9.67. The monoisotopic (exact) mass is 446 g/mol. The van der Waals surface area contributed by atoms with E-state index < -0.39 is 11.9 Å². The van der Waals surface area contributed by atoms with E-state index >= 15 is 0 Å². The molecular weight excluding hydrogens is 420 g/mol. The van der Waals surface area contributed by atoms with Gasteiger partial charge in [-0.05, 0) is 44.9 Å². The van der Waals surface area contributed by atoms with Gasteiger partial charge in [0.2, 0.25) is 11.8 Å². The highest BCUT2D eigenvalue weighted by Gasteiger charge is 2.39. The second-order valence-corrected chi connectivity index (χ2v) is 9.67. The smallest absolute Gasteiger partial charge is 0.255 e. The minimum absolute atomic E-state index is 0.135. The van der Waals surface area contributed by atoms with Gasteiger partial charge in [-0.1, -0.05) is 6.07 Å². The molecule has 33 heavy (non-hydrogen) atoms. The summed E-state index contributed by atoms with van der Waals surface area (Å²) in [7, 11) is 1.95. The zero-order valence-corrected chi connectivity index (χ0v) is 19.1. The van der Waals surface area contributed by atoms with Crippen LogP contribution in [0.25, 0.3) is 22.5 Å². The van der Waals surface area contributed by atoms with Crippen molar-refractivity contribution < 1.29 is 14.4 Å². The van der Waals surface area contributed by atoms with Crippen molar-refractivity contribution >= 4 is 17.7 Å². The third kappa shape index (κ3) is 3.53. The van der Waals surface area contributed by atoms with Crippen molar-refractivity contribution in [2.45, 2.75) is 51.7 Å². The molecule has 2 aliphatic rings. The van der Waals surface area contributed by atoms with Crippen molar-refractivity contribution in [3.05, 3.63) is 48.0 Å². The molecule has 5 rings (SSSR count). The molecule has 170 valence electrons. The largest absolute Gasteiger partial charge is 0.333 e. The first-order valence-corrected chi connectivity index (χ1v) is 11.0. The highest BCUT2D eigenvalue weighted by molar-refractivity contribution is 6.05. The zero-order valence-electron chi connectivity index (χ0n) is 19.1. The third-order valence-corrected chi connectivity index (χ3v) is 6.28. The Balaban J connectivity index is 1.48. The first-order chi connectivity index (χ1) is 15.6. The van der Waals surface area contributed by atoms with Crippen LogP contribution in [-0.4, -0.2) is 48.0 Å². The van der Waals surface area contributed by atoms with E-state index in [0.29, 0.717) is 18.5 Å². The van der Waals surface area contributed by atoms with Crippen LogP contribution in [0.1, 0.15) is 49.5 Å². The second kappa shape index (κ2) is 7.40. The molecule has 1 saturated heterocycles. The quantitative estimate of drug-likeness (QED) is 0.623. The number of amides is 3. The molecule has 3 aromatic rings. The Labute approximate surface area is 191 Å². The molecule has 3 amide bonds. The van der Waals surface area contributed by atoms with Crippen molar-refractivity contribution in [1.29, 1.82) is 0 Å². The molecule has 0 bridgehead atoms. The fourth-order valence-electron chi connectivity index (χ4n) is 4.52. The predicted octanol–water partition coefficient (Wildman–Crippen LogP) is 2.47. The first-order valence-electron chi connectivity index (χ1n) is 11.0. The molecule has 9 nitrogen and oxygen atoms in total. The molecule has 1 N–H and O–H groups in total. The maximum absolute atomic E-state index is 13.0. The summed E-state index contributed by atoms with van der Waals surface area (Å²) in [5, 5.41) is 6.86. The minimum atomic E-state index is -0.625. The number of fused-ring (bicyclic) bond motifs is 1. The number of imide groups is 1. The van der Waals surface area contributed by atoms with Gasteiger partial charge in [0.15, 0.2) is 0 Å². The topological polar surface area (TPSA) is 102 Å². The molecule has 2 aliphatic heterocycles. The number of nitrogens with zero attached hydrogens (tertiary/aromatic N) is 5. The van der Waals surface area contributed by atoms with Gasteiger partial charge in [-0.3, -0.25) is 24.4 Å². The molecule has 4 heterocycles. The van der Waals surface area contributed by atoms with Gasteiger partial charge in [0, 0.05) is 42.9 Å². The van der Waals surface area contributed by atoms with Crippen molar-refractivity contribution in [3.63, 3.8) is 0 Å². The molecule has 2 aromatic heterocycles. The molecule has 0 aliphatic carbocycles. The predicted molar refractivity (Wildman–Crippen MR) is 121 cm³/mol. The van der Waals surface area contributed by atoms with Crippen molar-refractivity contribution in [1.82, 2.24) is 29.5 Å². The molecule has 0 spiro atoms. The summed E-state index contributed by atoms with van der Waals surface area (Å²) in [6.07, 6.45) is 6.21. The maximum atomic E-state index is 13.0. The van der Waals surface area contributed by atoms with Gasteiger partial charge in [-0.15, -0.1) is 0 Å². The number of aromatic nitrogens is 4. The molecular formula is C24H26N6O3. The van der Waals surface area contributed by atoms with Gasteiger partial charge in [-0.25, -0.2) is 4.98 Å². The van der Waals surface area contributed by atoms with E-state index in [-0.39, 0.29) is 23.8 Å². The van der Waals surface area contributed by atoms with E-state index in [4.69, 9.17) is 0 Å². The van der Waals surface area contributed by atoms with Gasteiger partial charge in [0.1, 0.15) is 6.04 Å². The molecule has 0 saturated carbocycles. The lowest BCUT2D eigenvalue weighted by Gasteiger charge is -2.29. The Hall–Kier alpha value is -3.75. The van der Waals surface area contributed by atoms with Gasteiger partial charge in [-0.2, -0.15) is 5.10 Å². The molecule has 9 heteroatoms. The van der Waals surface area contributed by atoms with Crippen molar-refractivity contribution in [2.75, 3.05) is 0 Å². The number of rotatable bonds is 3. The number of piperidine rings is 1. The number of nitrogens with one attached hydrogen (secondary N) is 1. The van der Waals surface area contributed by atoms with Crippen LogP contribution in [-0.2, 0) is 28.7 Å². The minimum Gasteiger partial charge on any atom is -0.333 e. The maximum Gasteiger partial charge on any atom is 0.255 e. The Kier molecular flexibility index (Phi) is 4.73. The lowest BCUT2D eigenvalue weighted by molar-refractivity contribution is -0.136. The summed E-state index contributed by atoms with van der Waals surface area (Å²) in [5.41, 5.74) is 4.90. The summed E-state index contributed by atoms with van der Waals surface area (Å²) in [6, 6.07) is 5.04. The van der Waals surface area contributed by atoms with E-state index in [1.165, 1.54) is 0 Å². The number of hydrogen-bond donors (Lipinski definition) is 1. The average molecular weight is 447 g/mol. The number of benzene rings is 1. The van der Waals surface area contributed by atoms with E-state index in [2.05, 4.69) is 36.2 Å². The van der Waals surface area contributed by atoms with Crippen LogP contribution in [0.4, 0.5) is 0 Å². The lowest BCUT2D eigenvalue weighted by atomic mass is 10.0. The molecule has 1 atom stereocenters. The van der Waals surface area contributed by atoms with E-state index in [1.807, 2.05) is 40.8 Å². The van der Waals surface area contributed by atoms with Crippen LogP contribution in [0.3, 0.4) is 0 Å². The van der Waals surface area contributed by atoms with Gasteiger partial charge in [0.25, 0.3) is 5.91 Å². The van der Waals surface area contributed by atoms with Crippen LogP contribution in [0.5, 0.6) is 0 Å². The fraction of sp³-hybridized carbons (Fsp3) is 0.375. The van der Waals surface area contributed by atoms with E-state index in [1.54, 1.807) is 17.3 Å². The van der Waals surface area contributed by atoms with Crippen molar-refractivity contribution in [2.24, 2.45) is 7.05 Å². The SMILES string of the molecule is Cn1cnc(-c2ccc3c(c2)CN([C@H]2CCC(=O)NC2=O)C3=O)c1-c1cnn(C(C)(C)C)c1. The van der Waals surface area contributed by atoms with E-state index in [9.17, 15) is 14.4 Å². The number of hydrogen-bond acceptors (Lipinski definition) is 5. The van der Waals surface area contributed by atoms with E-state index in [0.717, 1.165) is 28.1 Å². The Morgan fingerprint density at radius 2 is 1.91 bits per heavy atom. The standard InChI is InChI=1S/C24H26N6O3/c1-24(2,3)30-12-16(10-26-30)21-20(25-13-28(21)4)14-5-6-17-15(9-14)11-29(23(17)33)18-7-8-19(31)27-22(18)32/h5-6,9-10,12-13,18H,7-8,11H2,1-4H3,(H,27,31,32)/t18-/m0/s1. The average Bonchev–Trinajstić information content (AvgIpc) is 3.45. The summed E-state index contributed by atoms with van der Waals surface area (Å²) in [6.45, 7) is 6.62. The van der Waals surface area contributed by atoms with Crippen LogP contribution >= 0.6 is 0 Å². The van der Waals surface area contributed by atoms with Gasteiger partial charge in [0.05, 0.1) is 29.5 Å². The highest BCUT2D eigenvalue weighted by Crippen LogP contribution is 2.35. The first kappa shape index (κ1) is 21.1. The van der Waals surface area contributed by atoms with Crippen molar-refractivity contribution in [3.8, 4) is 22.5 Å². The summed E-state index contributed by atoms with van der Waals surface area (Å²) < 4.78 is 3.89. The molecule has 0 radical (unpaired) electrons. The number of aryl methyl sites for hydroxylation is 1. The summed E-state index contributed by atoms with van der Waals surface area (Å²) in [5.74, 6) is -0.880. The van der Waals surface area contributed by atoms with Crippen LogP contribution in [0.15, 0.2) is 36.9 Å². The zero-order chi connectivity index (χ0) is 23.5. The van der Waals surface area contributed by atoms with Crippen LogP contribution in [0.2, 0.25) is 0 Å². The summed E-state index contributed by atoms with van der Waals surface area (Å²) in [4.78, 5) is 43.0. The molecule has 1 aromatic carbocycles. The number of imidazole rings is 1. The van der Waals surface area contributed by atoms with Crippen LogP contribution in [0, 0.1) is 0 Å². The molecule has 0 unspecified atom stereocenters. The van der Waals surface area contributed by atoms with Gasteiger partial charge >= 0.3 is 0 Å². The third-order valence-electron chi connectivity index (χ3n) is 6.28. The van der Waals surface area contributed by atoms with Crippen LogP contribution < -0.4 is 5.32 Å². The molecule has 1 fully saturated rings. The highest BCUT2D eigenvalue weighted by atomic mass is 16.2. The summed E-state index contributed by atoms with van der Waals surface area (Å²) >= 11 is 0. The Morgan fingerprint density at radius 1 is 1.12 bits per heavy atom. The Bertz CT molecular complexity index is 1300. The lowest BCUT2D eigenvalue weighted by Crippen LogP contribution is -2.52. The number of carbonyl (C=O) groups excluding carboxylic acids is 3. The normalized spacial score (nSPS) is 18.6. The fourth-order valence-corrected chi connectivity index (χ4v) is 4.52. The number of carbonyl (C=O) groups is 3.